The van der Waals surface area contributed by atoms with Crippen molar-refractivity contribution in [2.24, 2.45) is 0 Å². The summed E-state index contributed by atoms with van der Waals surface area (Å²) in [4.78, 5) is 13.7. The molecule has 0 atom stereocenters. The van der Waals surface area contributed by atoms with E-state index >= 15 is 0 Å². The Morgan fingerprint density at radius 1 is 1.62 bits per heavy atom. The van der Waals surface area contributed by atoms with Gasteiger partial charge in [0.05, 0.1) is 4.88 Å². The molecule has 1 aromatic rings. The smallest absolute Gasteiger partial charge is 0.247 e. The molecule has 0 saturated heterocycles. The molecule has 1 rings (SSSR count). The first-order chi connectivity index (χ1) is 6.09. The van der Waals surface area contributed by atoms with E-state index in [1.165, 1.54) is 11.3 Å². The number of hydrogen-bond acceptors (Lipinski definition) is 3. The number of carbonyl (C=O) groups is 1. The normalized spacial score (nSPS) is 8.85. The van der Waals surface area contributed by atoms with Crippen molar-refractivity contribution in [2.45, 2.75) is 0 Å². The third kappa shape index (κ3) is 3.21. The molecule has 0 spiro atoms. The number of carbonyl (C=O) groups excluding carboxylic acids is 1. The summed E-state index contributed by atoms with van der Waals surface area (Å²) in [6.45, 7) is 0. The van der Waals surface area contributed by atoms with Crippen molar-refractivity contribution in [3.05, 3.63) is 20.8 Å². The second kappa shape index (κ2) is 4.45. The molecule has 0 amide bonds. The average molecular weight is 258 g/mol. The van der Waals surface area contributed by atoms with Gasteiger partial charge in [0.25, 0.3) is 0 Å². The summed E-state index contributed by atoms with van der Waals surface area (Å²) in [6, 6.07) is 4.45. The Kier molecular flexibility index (Phi) is 3.52. The van der Waals surface area contributed by atoms with Crippen LogP contribution in [0.4, 0.5) is 0 Å². The van der Waals surface area contributed by atoms with Crippen LogP contribution < -0.4 is 0 Å². The van der Waals surface area contributed by atoms with Crippen molar-refractivity contribution < 1.29 is 4.79 Å². The van der Waals surface area contributed by atoms with Crippen molar-refractivity contribution in [1.29, 1.82) is 0 Å². The molecule has 1 aromatic heterocycles. The van der Waals surface area contributed by atoms with E-state index in [-0.39, 0.29) is 5.78 Å². The van der Waals surface area contributed by atoms with E-state index in [2.05, 4.69) is 27.9 Å². The first-order valence-corrected chi connectivity index (χ1v) is 5.24. The molecule has 0 aromatic carbocycles. The summed E-state index contributed by atoms with van der Waals surface area (Å²) >= 11 is 4.67. The molecular formula is C9H8BrNOS. The van der Waals surface area contributed by atoms with Gasteiger partial charge in [-0.25, -0.2) is 0 Å². The van der Waals surface area contributed by atoms with Gasteiger partial charge in [-0.05, 0) is 22.0 Å². The fraction of sp³-hybridized carbons (Fsp3) is 0.222. The summed E-state index contributed by atoms with van der Waals surface area (Å²) in [7, 11) is 3.59. The minimum atomic E-state index is -0.135. The van der Waals surface area contributed by atoms with Gasteiger partial charge in [0.2, 0.25) is 5.78 Å². The van der Waals surface area contributed by atoms with Crippen LogP contribution >= 0.6 is 27.3 Å². The SMILES string of the molecule is CN(C)C#CC(=O)c1cc(Br)cs1. The number of thiophene rings is 1. The highest BCUT2D eigenvalue weighted by molar-refractivity contribution is 9.10. The van der Waals surface area contributed by atoms with Gasteiger partial charge in [0.15, 0.2) is 0 Å². The summed E-state index contributed by atoms with van der Waals surface area (Å²) in [5, 5.41) is 1.87. The highest BCUT2D eigenvalue weighted by atomic mass is 79.9. The Morgan fingerprint density at radius 3 is 2.77 bits per heavy atom. The number of nitrogens with zero attached hydrogens (tertiary/aromatic N) is 1. The molecule has 2 nitrogen and oxygen atoms in total. The van der Waals surface area contributed by atoms with Gasteiger partial charge in [-0.15, -0.1) is 11.3 Å². The van der Waals surface area contributed by atoms with E-state index < -0.39 is 0 Å². The van der Waals surface area contributed by atoms with Crippen LogP contribution in [0, 0.1) is 12.0 Å². The Bertz CT molecular complexity index is 372. The molecule has 0 radical (unpaired) electrons. The molecule has 1 heterocycles. The fourth-order valence-electron chi connectivity index (χ4n) is 0.656. The largest absolute Gasteiger partial charge is 0.338 e. The summed E-state index contributed by atoms with van der Waals surface area (Å²) < 4.78 is 0.924. The number of ketones is 1. The summed E-state index contributed by atoms with van der Waals surface area (Å²) in [5.41, 5.74) is 0. The maximum Gasteiger partial charge on any atom is 0.247 e. The van der Waals surface area contributed by atoms with E-state index in [9.17, 15) is 4.79 Å². The molecule has 0 aliphatic rings. The lowest BCUT2D eigenvalue weighted by atomic mass is 10.3. The first-order valence-electron chi connectivity index (χ1n) is 3.57. The van der Waals surface area contributed by atoms with Gasteiger partial charge in [-0.1, -0.05) is 0 Å². The van der Waals surface area contributed by atoms with Crippen molar-refractivity contribution in [1.82, 2.24) is 4.90 Å². The first kappa shape index (κ1) is 10.3. The summed E-state index contributed by atoms with van der Waals surface area (Å²) in [6.07, 6.45) is 0. The number of rotatable bonds is 1. The number of hydrogen-bond donors (Lipinski definition) is 0. The Labute approximate surface area is 89.7 Å². The van der Waals surface area contributed by atoms with Gasteiger partial charge in [-0.2, -0.15) is 0 Å². The molecule has 0 unspecified atom stereocenters. The van der Waals surface area contributed by atoms with Crippen molar-refractivity contribution in [3.63, 3.8) is 0 Å². The zero-order chi connectivity index (χ0) is 9.84. The molecule has 0 aliphatic heterocycles. The van der Waals surface area contributed by atoms with Crippen LogP contribution in [0.1, 0.15) is 9.67 Å². The highest BCUT2D eigenvalue weighted by Crippen LogP contribution is 2.19. The van der Waals surface area contributed by atoms with Crippen LogP contribution in [0.25, 0.3) is 0 Å². The second-order valence-corrected chi connectivity index (χ2v) is 4.42. The van der Waals surface area contributed by atoms with Crippen LogP contribution in [0.15, 0.2) is 15.9 Å². The fourth-order valence-corrected chi connectivity index (χ4v) is 1.98. The molecule has 4 heteroatoms. The predicted molar refractivity (Wildman–Crippen MR) is 57.8 cm³/mol. The van der Waals surface area contributed by atoms with Gasteiger partial charge >= 0.3 is 0 Å². The maximum atomic E-state index is 11.4. The Balaban J connectivity index is 2.77. The van der Waals surface area contributed by atoms with E-state index in [4.69, 9.17) is 0 Å². The molecule has 0 saturated carbocycles. The topological polar surface area (TPSA) is 20.3 Å². The lowest BCUT2D eigenvalue weighted by Gasteiger charge is -1.96. The lowest BCUT2D eigenvalue weighted by Crippen LogP contribution is -2.02. The molecule has 0 bridgehead atoms. The molecular weight excluding hydrogens is 250 g/mol. The van der Waals surface area contributed by atoms with Crippen LogP contribution in [-0.2, 0) is 0 Å². The van der Waals surface area contributed by atoms with Gasteiger partial charge in [0.1, 0.15) is 0 Å². The molecule has 68 valence electrons. The van der Waals surface area contributed by atoms with Gasteiger partial charge in [-0.3, -0.25) is 4.79 Å². The third-order valence-electron chi connectivity index (χ3n) is 1.18. The van der Waals surface area contributed by atoms with Crippen LogP contribution in [0.3, 0.4) is 0 Å². The standard InChI is InChI=1S/C9H8BrNOS/c1-11(2)4-3-8(12)9-5-7(10)6-13-9/h5-6H,1-2H3. The van der Waals surface area contributed by atoms with Crippen LogP contribution in [0.2, 0.25) is 0 Å². The lowest BCUT2D eigenvalue weighted by molar-refractivity contribution is 0.105. The van der Waals surface area contributed by atoms with Crippen molar-refractivity contribution in [3.8, 4) is 12.0 Å². The van der Waals surface area contributed by atoms with Crippen molar-refractivity contribution in [2.75, 3.05) is 14.1 Å². The molecule has 0 aliphatic carbocycles. The molecule has 13 heavy (non-hydrogen) atoms. The van der Waals surface area contributed by atoms with Crippen LogP contribution in [-0.4, -0.2) is 24.8 Å². The minimum Gasteiger partial charge on any atom is -0.338 e. The Hall–Kier alpha value is -0.790. The van der Waals surface area contributed by atoms with Gasteiger partial charge < -0.3 is 4.90 Å². The quantitative estimate of drug-likeness (QED) is 0.437. The monoisotopic (exact) mass is 257 g/mol. The highest BCUT2D eigenvalue weighted by Gasteiger charge is 2.04. The van der Waals surface area contributed by atoms with E-state index in [1.54, 1.807) is 25.1 Å². The zero-order valence-electron chi connectivity index (χ0n) is 7.30. The van der Waals surface area contributed by atoms with Gasteiger partial charge in [0, 0.05) is 35.9 Å². The van der Waals surface area contributed by atoms with Crippen molar-refractivity contribution >= 4 is 33.0 Å². The predicted octanol–water partition coefficient (Wildman–Crippen LogP) is 2.22. The third-order valence-corrected chi connectivity index (χ3v) is 2.87. The second-order valence-electron chi connectivity index (χ2n) is 2.59. The number of halogens is 1. The average Bonchev–Trinajstić information content (AvgIpc) is 2.47. The summed E-state index contributed by atoms with van der Waals surface area (Å²) in [5.74, 6) is 2.40. The van der Waals surface area contributed by atoms with E-state index in [1.807, 2.05) is 5.38 Å². The molecule has 0 N–H and O–H groups in total. The molecule has 0 fully saturated rings. The van der Waals surface area contributed by atoms with E-state index in [0.29, 0.717) is 4.88 Å². The minimum absolute atomic E-state index is 0.135. The van der Waals surface area contributed by atoms with Crippen LogP contribution in [0.5, 0.6) is 0 Å². The zero-order valence-corrected chi connectivity index (χ0v) is 9.70. The number of Topliss-reactive ketones (excluding diaryl/α,β-unsaturated/α-hetero) is 1. The van der Waals surface area contributed by atoms with E-state index in [0.717, 1.165) is 4.47 Å². The maximum absolute atomic E-state index is 11.4. The Morgan fingerprint density at radius 2 is 2.31 bits per heavy atom.